The van der Waals surface area contributed by atoms with Crippen LogP contribution >= 0.6 is 24.0 Å². The normalized spacial score (nSPS) is 21.5. The monoisotopic (exact) mass is 502 g/mol. The van der Waals surface area contributed by atoms with Crippen molar-refractivity contribution >= 4 is 35.8 Å². The van der Waals surface area contributed by atoms with Crippen LogP contribution < -0.4 is 5.32 Å². The number of hydrogen-bond acceptors (Lipinski definition) is 3. The molecule has 1 aliphatic carbocycles. The minimum atomic E-state index is -0.313. The van der Waals surface area contributed by atoms with E-state index in [1.807, 2.05) is 32.0 Å². The summed E-state index contributed by atoms with van der Waals surface area (Å²) in [5.74, 6) is 1.67. The van der Waals surface area contributed by atoms with Crippen molar-refractivity contribution in [2.24, 2.45) is 17.5 Å². The van der Waals surface area contributed by atoms with E-state index in [9.17, 15) is 4.79 Å². The predicted molar refractivity (Wildman–Crippen MR) is 123 cm³/mol. The molecule has 0 bridgehead atoms. The smallest absolute Gasteiger partial charge is 0.230 e. The number of guanidine groups is 1. The van der Waals surface area contributed by atoms with E-state index in [2.05, 4.69) is 28.4 Å². The maximum Gasteiger partial charge on any atom is 0.230 e. The van der Waals surface area contributed by atoms with Crippen LogP contribution in [0, 0.1) is 5.41 Å². The highest BCUT2D eigenvalue weighted by Crippen LogP contribution is 2.40. The lowest BCUT2D eigenvalue weighted by Gasteiger charge is -2.30. The van der Waals surface area contributed by atoms with E-state index in [0.29, 0.717) is 12.5 Å². The van der Waals surface area contributed by atoms with Crippen LogP contribution in [0.3, 0.4) is 0 Å². The zero-order chi connectivity index (χ0) is 19.4. The summed E-state index contributed by atoms with van der Waals surface area (Å²) in [4.78, 5) is 21.8. The highest BCUT2D eigenvalue weighted by atomic mass is 127. The quantitative estimate of drug-likeness (QED) is 0.382. The van der Waals surface area contributed by atoms with E-state index in [-0.39, 0.29) is 35.3 Å². The van der Waals surface area contributed by atoms with Gasteiger partial charge >= 0.3 is 0 Å². The maximum atomic E-state index is 12.8. The first kappa shape index (κ1) is 23.0. The van der Waals surface area contributed by atoms with Crippen molar-refractivity contribution in [2.75, 3.05) is 40.3 Å². The summed E-state index contributed by atoms with van der Waals surface area (Å²) in [6.45, 7) is 5.45. The molecule has 2 aliphatic rings. The lowest BCUT2D eigenvalue weighted by atomic mass is 9.85. The Kier molecular flexibility index (Phi) is 8.15. The van der Waals surface area contributed by atoms with Gasteiger partial charge in [-0.05, 0) is 31.7 Å². The van der Waals surface area contributed by atoms with Gasteiger partial charge in [0.15, 0.2) is 5.96 Å². The molecule has 1 amide bonds. The minimum Gasteiger partial charge on any atom is -0.357 e. The summed E-state index contributed by atoms with van der Waals surface area (Å²) in [7, 11) is 5.68. The first-order valence-electron chi connectivity index (χ1n) is 10.2. The lowest BCUT2D eigenvalue weighted by molar-refractivity contribution is -0.138. The van der Waals surface area contributed by atoms with Crippen molar-refractivity contribution in [1.82, 2.24) is 24.9 Å². The van der Waals surface area contributed by atoms with Crippen molar-refractivity contribution < 1.29 is 4.79 Å². The maximum absolute atomic E-state index is 12.8. The second-order valence-corrected chi connectivity index (χ2v) is 8.24. The predicted octanol–water partition coefficient (Wildman–Crippen LogP) is 2.44. The Morgan fingerprint density at radius 1 is 1.39 bits per heavy atom. The lowest BCUT2D eigenvalue weighted by Crippen LogP contribution is -2.44. The number of rotatable bonds is 5. The van der Waals surface area contributed by atoms with Gasteiger partial charge in [-0.15, -0.1) is 24.0 Å². The van der Waals surface area contributed by atoms with Gasteiger partial charge in [0.25, 0.3) is 0 Å². The van der Waals surface area contributed by atoms with Gasteiger partial charge in [-0.2, -0.15) is 5.10 Å². The first-order chi connectivity index (χ1) is 12.9. The first-order valence-corrected chi connectivity index (χ1v) is 10.2. The van der Waals surface area contributed by atoms with Crippen LogP contribution in [-0.4, -0.2) is 71.7 Å². The van der Waals surface area contributed by atoms with Crippen LogP contribution in [0.1, 0.15) is 50.5 Å². The largest absolute Gasteiger partial charge is 0.357 e. The zero-order valence-electron chi connectivity index (χ0n) is 17.6. The molecule has 1 saturated carbocycles. The molecule has 0 aromatic carbocycles. The van der Waals surface area contributed by atoms with Crippen molar-refractivity contribution in [2.45, 2.75) is 44.9 Å². The second kappa shape index (κ2) is 9.93. The number of hydrogen-bond donors (Lipinski definition) is 1. The molecule has 1 aromatic rings. The number of aliphatic imine (C=N–C) groups is 1. The molecule has 0 radical (unpaired) electrons. The molecule has 1 aliphatic heterocycles. The molecule has 8 heteroatoms. The van der Waals surface area contributed by atoms with Crippen LogP contribution in [0.4, 0.5) is 0 Å². The third-order valence-corrected chi connectivity index (χ3v) is 5.97. The van der Waals surface area contributed by atoms with Gasteiger partial charge < -0.3 is 15.1 Å². The van der Waals surface area contributed by atoms with E-state index < -0.39 is 0 Å². The summed E-state index contributed by atoms with van der Waals surface area (Å²) >= 11 is 0. The van der Waals surface area contributed by atoms with Crippen molar-refractivity contribution in [1.29, 1.82) is 0 Å². The molecule has 2 heterocycles. The molecule has 158 valence electrons. The van der Waals surface area contributed by atoms with Gasteiger partial charge in [-0.3, -0.25) is 14.5 Å². The van der Waals surface area contributed by atoms with Crippen molar-refractivity contribution in [3.63, 3.8) is 0 Å². The van der Waals surface area contributed by atoms with Gasteiger partial charge in [0.1, 0.15) is 0 Å². The number of likely N-dealkylation sites (tertiary alicyclic amines) is 1. The molecule has 1 aromatic heterocycles. The van der Waals surface area contributed by atoms with E-state index >= 15 is 0 Å². The highest BCUT2D eigenvalue weighted by molar-refractivity contribution is 14.0. The Bertz CT molecular complexity index is 680. The molecule has 2 fully saturated rings. The Morgan fingerprint density at radius 2 is 2.11 bits per heavy atom. The van der Waals surface area contributed by atoms with Gasteiger partial charge in [-0.1, -0.05) is 12.8 Å². The van der Waals surface area contributed by atoms with Crippen LogP contribution in [-0.2, 0) is 11.8 Å². The number of carbonyl (C=O) groups excluding carboxylic acids is 1. The molecule has 1 unspecified atom stereocenters. The number of nitrogens with one attached hydrogen (secondary N) is 1. The van der Waals surface area contributed by atoms with Crippen LogP contribution in [0.25, 0.3) is 0 Å². The van der Waals surface area contributed by atoms with Gasteiger partial charge in [0.2, 0.25) is 5.91 Å². The van der Waals surface area contributed by atoms with E-state index in [4.69, 9.17) is 4.99 Å². The van der Waals surface area contributed by atoms with Crippen molar-refractivity contribution in [3.8, 4) is 0 Å². The highest BCUT2D eigenvalue weighted by Gasteiger charge is 2.42. The molecule has 28 heavy (non-hydrogen) atoms. The summed E-state index contributed by atoms with van der Waals surface area (Å²) in [5, 5.41) is 7.75. The number of carbonyl (C=O) groups is 1. The van der Waals surface area contributed by atoms with E-state index in [0.717, 1.165) is 57.7 Å². The molecule has 0 spiro atoms. The number of amides is 1. The Balaban J connectivity index is 0.00000280. The SMILES string of the molecule is CCNC(=NCC1(C(=O)N(C)C)CCCC1)N1CCC(c2cnn(C)c2)C1.I. The third-order valence-electron chi connectivity index (χ3n) is 5.97. The molecule has 3 rings (SSSR count). The summed E-state index contributed by atoms with van der Waals surface area (Å²) in [6.07, 6.45) is 9.34. The minimum absolute atomic E-state index is 0. The van der Waals surface area contributed by atoms with Crippen molar-refractivity contribution in [3.05, 3.63) is 18.0 Å². The van der Waals surface area contributed by atoms with E-state index in [1.54, 1.807) is 4.90 Å². The Hall–Kier alpha value is -1.32. The molecular weight excluding hydrogens is 467 g/mol. The summed E-state index contributed by atoms with van der Waals surface area (Å²) < 4.78 is 1.87. The number of aromatic nitrogens is 2. The van der Waals surface area contributed by atoms with Gasteiger partial charge in [-0.25, -0.2) is 0 Å². The Labute approximate surface area is 186 Å². The second-order valence-electron chi connectivity index (χ2n) is 8.24. The molecule has 1 N–H and O–H groups in total. The molecular formula is C20H35IN6O. The number of halogens is 1. The van der Waals surface area contributed by atoms with E-state index in [1.165, 1.54) is 5.56 Å². The number of nitrogens with zero attached hydrogens (tertiary/aromatic N) is 5. The van der Waals surface area contributed by atoms with Crippen LogP contribution in [0.2, 0.25) is 0 Å². The fourth-order valence-electron chi connectivity index (χ4n) is 4.49. The molecule has 1 saturated heterocycles. The summed E-state index contributed by atoms with van der Waals surface area (Å²) in [5.41, 5.74) is 0.984. The fourth-order valence-corrected chi connectivity index (χ4v) is 4.49. The van der Waals surface area contributed by atoms with Gasteiger partial charge in [0, 0.05) is 52.9 Å². The summed E-state index contributed by atoms with van der Waals surface area (Å²) in [6, 6.07) is 0. The average molecular weight is 502 g/mol. The standard InChI is InChI=1S/C20H34N6O.HI/c1-5-21-19(22-15-20(9-6-7-10-20)18(27)24(2)3)26-11-8-16(14-26)17-12-23-25(4)13-17;/h12-13,16H,5-11,14-15H2,1-4H3,(H,21,22);1H. The fraction of sp³-hybridized carbons (Fsp3) is 0.750. The zero-order valence-corrected chi connectivity index (χ0v) is 20.0. The Morgan fingerprint density at radius 3 is 2.68 bits per heavy atom. The molecule has 1 atom stereocenters. The third kappa shape index (κ3) is 4.99. The van der Waals surface area contributed by atoms with Crippen LogP contribution in [0.5, 0.6) is 0 Å². The van der Waals surface area contributed by atoms with Gasteiger partial charge in [0.05, 0.1) is 18.2 Å². The topological polar surface area (TPSA) is 65.8 Å². The van der Waals surface area contributed by atoms with Crippen LogP contribution in [0.15, 0.2) is 17.4 Å². The molecule has 7 nitrogen and oxygen atoms in total. The number of aryl methyl sites for hydroxylation is 1. The average Bonchev–Trinajstić information content (AvgIpc) is 3.38.